The molecule has 1 amide bonds. The Bertz CT molecular complexity index is 402. The van der Waals surface area contributed by atoms with E-state index >= 15 is 0 Å². The number of hydrogen-bond acceptors (Lipinski definition) is 2. The molecule has 0 spiro atoms. The quantitative estimate of drug-likeness (QED) is 0.779. The molecule has 0 saturated carbocycles. The van der Waals surface area contributed by atoms with Gasteiger partial charge < -0.3 is 10.0 Å². The summed E-state index contributed by atoms with van der Waals surface area (Å²) in [5.41, 5.74) is 1.08. The van der Waals surface area contributed by atoms with Crippen molar-refractivity contribution in [2.75, 3.05) is 6.54 Å². The van der Waals surface area contributed by atoms with Gasteiger partial charge in [0.25, 0.3) is 0 Å². The lowest BCUT2D eigenvalue weighted by molar-refractivity contribution is -0.148. The predicted octanol–water partition coefficient (Wildman–Crippen LogP) is 1.43. The molecule has 2 rings (SSSR count). The number of β-lactam (4-membered cyclic amide) rings is 1. The van der Waals surface area contributed by atoms with Crippen molar-refractivity contribution in [2.24, 2.45) is 0 Å². The van der Waals surface area contributed by atoms with Crippen molar-refractivity contribution < 1.29 is 14.7 Å². The summed E-state index contributed by atoms with van der Waals surface area (Å²) in [6, 6.07) is 9.76. The van der Waals surface area contributed by atoms with Crippen LogP contribution in [0, 0.1) is 0 Å². The zero-order chi connectivity index (χ0) is 11.5. The van der Waals surface area contributed by atoms with Crippen molar-refractivity contribution in [3.63, 3.8) is 0 Å². The Hall–Kier alpha value is -1.84. The first-order valence-corrected chi connectivity index (χ1v) is 5.24. The van der Waals surface area contributed by atoms with Crippen molar-refractivity contribution in [3.05, 3.63) is 35.9 Å². The van der Waals surface area contributed by atoms with E-state index in [1.54, 1.807) is 4.90 Å². The van der Waals surface area contributed by atoms with E-state index in [1.165, 1.54) is 0 Å². The molecule has 1 saturated heterocycles. The van der Waals surface area contributed by atoms with Crippen molar-refractivity contribution in [1.82, 2.24) is 4.90 Å². The highest BCUT2D eigenvalue weighted by Gasteiger charge is 2.36. The maximum atomic E-state index is 11.4. The fraction of sp³-hybridized carbons (Fsp3) is 0.333. The maximum absolute atomic E-state index is 11.4. The predicted molar refractivity (Wildman–Crippen MR) is 57.8 cm³/mol. The van der Waals surface area contributed by atoms with Crippen molar-refractivity contribution in [1.29, 1.82) is 0 Å². The van der Waals surface area contributed by atoms with Crippen LogP contribution >= 0.6 is 0 Å². The number of nitrogens with zero attached hydrogens (tertiary/aromatic N) is 1. The van der Waals surface area contributed by atoms with Crippen molar-refractivity contribution in [3.8, 4) is 0 Å². The molecule has 1 unspecified atom stereocenters. The smallest absolute Gasteiger partial charge is 0.305 e. The summed E-state index contributed by atoms with van der Waals surface area (Å²) in [5.74, 6) is -0.832. The fourth-order valence-corrected chi connectivity index (χ4v) is 1.92. The van der Waals surface area contributed by atoms with Gasteiger partial charge >= 0.3 is 5.97 Å². The van der Waals surface area contributed by atoms with Gasteiger partial charge in [0.15, 0.2) is 0 Å². The highest BCUT2D eigenvalue weighted by atomic mass is 16.4. The molecule has 4 nitrogen and oxygen atoms in total. The first-order chi connectivity index (χ1) is 7.68. The summed E-state index contributed by atoms with van der Waals surface area (Å²) in [5, 5.41) is 8.59. The van der Waals surface area contributed by atoms with Gasteiger partial charge in [0, 0.05) is 6.54 Å². The van der Waals surface area contributed by atoms with E-state index in [2.05, 4.69) is 0 Å². The van der Waals surface area contributed by atoms with E-state index in [0.717, 1.165) is 5.56 Å². The largest absolute Gasteiger partial charge is 0.481 e. The monoisotopic (exact) mass is 219 g/mol. The van der Waals surface area contributed by atoms with Crippen LogP contribution in [0.4, 0.5) is 0 Å². The van der Waals surface area contributed by atoms with Gasteiger partial charge in [-0.25, -0.2) is 0 Å². The van der Waals surface area contributed by atoms with Crippen molar-refractivity contribution >= 4 is 11.9 Å². The molecule has 1 aromatic carbocycles. The summed E-state index contributed by atoms with van der Waals surface area (Å²) in [4.78, 5) is 23.4. The minimum Gasteiger partial charge on any atom is -0.481 e. The number of carbonyl (C=O) groups excluding carboxylic acids is 1. The minimum atomic E-state index is -0.869. The molecule has 1 aromatic rings. The number of likely N-dealkylation sites (tertiary alicyclic amines) is 1. The summed E-state index contributed by atoms with van der Waals surface area (Å²) < 4.78 is 0. The number of hydrogen-bond donors (Lipinski definition) is 1. The topological polar surface area (TPSA) is 57.6 Å². The third-order valence-electron chi connectivity index (χ3n) is 2.82. The molecule has 0 bridgehead atoms. The molecule has 1 atom stereocenters. The van der Waals surface area contributed by atoms with E-state index in [4.69, 9.17) is 5.11 Å². The average molecular weight is 219 g/mol. The summed E-state index contributed by atoms with van der Waals surface area (Å²) in [6.45, 7) is 0.299. The van der Waals surface area contributed by atoms with Gasteiger partial charge in [-0.15, -0.1) is 0 Å². The van der Waals surface area contributed by atoms with Crippen LogP contribution in [0.2, 0.25) is 0 Å². The Balaban J connectivity index is 2.02. The second-order valence-electron chi connectivity index (χ2n) is 3.86. The molecule has 1 aliphatic rings. The van der Waals surface area contributed by atoms with E-state index < -0.39 is 5.97 Å². The first kappa shape index (κ1) is 10.7. The zero-order valence-electron chi connectivity index (χ0n) is 8.80. The Morgan fingerprint density at radius 2 is 2.06 bits per heavy atom. The number of amides is 1. The minimum absolute atomic E-state index is 0.00900. The Kier molecular flexibility index (Phi) is 2.90. The summed E-state index contributed by atoms with van der Waals surface area (Å²) in [7, 11) is 0. The zero-order valence-corrected chi connectivity index (χ0v) is 8.80. The molecule has 84 valence electrons. The Morgan fingerprint density at radius 3 is 2.62 bits per heavy atom. The Morgan fingerprint density at radius 1 is 1.38 bits per heavy atom. The van der Waals surface area contributed by atoms with E-state index in [0.29, 0.717) is 13.0 Å². The van der Waals surface area contributed by atoms with Crippen LogP contribution in [0.5, 0.6) is 0 Å². The molecule has 16 heavy (non-hydrogen) atoms. The van der Waals surface area contributed by atoms with E-state index in [-0.39, 0.29) is 18.4 Å². The van der Waals surface area contributed by atoms with Crippen LogP contribution in [0.3, 0.4) is 0 Å². The second kappa shape index (κ2) is 4.35. The van der Waals surface area contributed by atoms with Crippen LogP contribution in [0.15, 0.2) is 30.3 Å². The molecule has 0 aliphatic carbocycles. The van der Waals surface area contributed by atoms with Gasteiger partial charge in [-0.3, -0.25) is 9.59 Å². The number of carboxylic acid groups (broad SMARTS) is 1. The summed E-state index contributed by atoms with van der Waals surface area (Å²) in [6.07, 6.45) is 0.499. The number of aliphatic carboxylic acids is 1. The van der Waals surface area contributed by atoms with Gasteiger partial charge in [-0.2, -0.15) is 0 Å². The second-order valence-corrected chi connectivity index (χ2v) is 3.86. The normalized spacial score (nSPS) is 19.4. The van der Waals surface area contributed by atoms with Gasteiger partial charge in [-0.1, -0.05) is 30.3 Å². The van der Waals surface area contributed by atoms with Crippen LogP contribution in [-0.2, 0) is 9.59 Å². The highest BCUT2D eigenvalue weighted by Crippen LogP contribution is 2.33. The fourth-order valence-electron chi connectivity index (χ4n) is 1.92. The number of rotatable bonds is 4. The van der Waals surface area contributed by atoms with Crippen molar-refractivity contribution in [2.45, 2.75) is 18.9 Å². The molecule has 1 fully saturated rings. The lowest BCUT2D eigenvalue weighted by atomic mass is 9.94. The molecule has 0 radical (unpaired) electrons. The van der Waals surface area contributed by atoms with Gasteiger partial charge in [0.05, 0.1) is 18.9 Å². The molecule has 1 N–H and O–H groups in total. The van der Waals surface area contributed by atoms with Gasteiger partial charge in [0.2, 0.25) is 5.91 Å². The van der Waals surface area contributed by atoms with Gasteiger partial charge in [-0.05, 0) is 5.56 Å². The summed E-state index contributed by atoms with van der Waals surface area (Å²) >= 11 is 0. The molecule has 1 heterocycles. The first-order valence-electron chi connectivity index (χ1n) is 5.24. The van der Waals surface area contributed by atoms with Crippen LogP contribution in [0.25, 0.3) is 0 Å². The van der Waals surface area contributed by atoms with Crippen LogP contribution in [-0.4, -0.2) is 28.4 Å². The Labute approximate surface area is 93.5 Å². The molecule has 4 heteroatoms. The molecular weight excluding hydrogens is 206 g/mol. The van der Waals surface area contributed by atoms with Gasteiger partial charge in [0.1, 0.15) is 0 Å². The number of carboxylic acids is 1. The lowest BCUT2D eigenvalue weighted by Gasteiger charge is -2.40. The molecule has 1 aliphatic heterocycles. The third kappa shape index (κ3) is 2.05. The standard InChI is InChI=1S/C12H13NO3/c14-11-8-10(9-4-2-1-3-5-9)13(11)7-6-12(15)16/h1-5,10H,6-8H2,(H,15,16). The number of benzene rings is 1. The lowest BCUT2D eigenvalue weighted by Crippen LogP contribution is -2.47. The van der Waals surface area contributed by atoms with Crippen LogP contribution < -0.4 is 0 Å². The number of carbonyl (C=O) groups is 2. The van der Waals surface area contributed by atoms with E-state index in [9.17, 15) is 9.59 Å². The van der Waals surface area contributed by atoms with Crippen LogP contribution in [0.1, 0.15) is 24.4 Å². The average Bonchev–Trinajstić information content (AvgIpc) is 2.26. The SMILES string of the molecule is O=C(O)CCN1C(=O)CC1c1ccccc1. The molecular formula is C12H13NO3. The maximum Gasteiger partial charge on any atom is 0.305 e. The van der Waals surface area contributed by atoms with E-state index in [1.807, 2.05) is 30.3 Å². The third-order valence-corrected chi connectivity index (χ3v) is 2.82. The molecule has 0 aromatic heterocycles. The highest BCUT2D eigenvalue weighted by molar-refractivity contribution is 5.84.